The van der Waals surface area contributed by atoms with Gasteiger partial charge in [0.2, 0.25) is 0 Å². The lowest BCUT2D eigenvalue weighted by Gasteiger charge is -2.26. The van der Waals surface area contributed by atoms with Gasteiger partial charge in [-0.15, -0.1) is 0 Å². The summed E-state index contributed by atoms with van der Waals surface area (Å²) in [6.45, 7) is 13.9. The molecule has 0 spiro atoms. The summed E-state index contributed by atoms with van der Waals surface area (Å²) in [4.78, 5) is 70.5. The van der Waals surface area contributed by atoms with Crippen molar-refractivity contribution in [3.05, 3.63) is 196 Å². The number of carbonyl (C=O) groups excluding carboxylic acids is 2. The quantitative estimate of drug-likeness (QED) is 0.0534. The molecule has 2 aromatic carbocycles. The Morgan fingerprint density at radius 3 is 1.17 bits per heavy atom. The van der Waals surface area contributed by atoms with E-state index < -0.39 is 5.97 Å². The molecule has 25 nitrogen and oxygen atoms in total. The van der Waals surface area contributed by atoms with Crippen LogP contribution in [0.2, 0.25) is 15.1 Å². The number of amides is 2. The summed E-state index contributed by atoms with van der Waals surface area (Å²) >= 11 is 18.9. The van der Waals surface area contributed by atoms with E-state index in [2.05, 4.69) is 125 Å². The normalized spacial score (nSPS) is 13.8. The molecule has 3 aliphatic rings. The van der Waals surface area contributed by atoms with Gasteiger partial charge in [-0.25, -0.2) is 34.7 Å². The van der Waals surface area contributed by atoms with Crippen LogP contribution in [0.4, 0.5) is 17.5 Å². The van der Waals surface area contributed by atoms with Gasteiger partial charge in [0.15, 0.2) is 16.9 Å². The van der Waals surface area contributed by atoms with E-state index in [4.69, 9.17) is 55.5 Å². The number of aromatic nitrogens is 15. The fourth-order valence-electron chi connectivity index (χ4n) is 13.5. The fourth-order valence-corrected chi connectivity index (χ4v) is 14.0. The number of hydrogen-bond acceptors (Lipinski definition) is 16. The molecule has 0 atom stereocenters. The van der Waals surface area contributed by atoms with Gasteiger partial charge in [-0.1, -0.05) is 102 Å². The van der Waals surface area contributed by atoms with Crippen LogP contribution in [0.5, 0.6) is 0 Å². The van der Waals surface area contributed by atoms with Gasteiger partial charge in [0.1, 0.15) is 51.1 Å². The third-order valence-electron chi connectivity index (χ3n) is 20.1. The van der Waals surface area contributed by atoms with Crippen molar-refractivity contribution in [3.63, 3.8) is 0 Å². The molecule has 3 saturated carbocycles. The number of fused-ring (bicyclic) bond motifs is 6. The summed E-state index contributed by atoms with van der Waals surface area (Å²) < 4.78 is 11.3. The number of halogens is 3. The van der Waals surface area contributed by atoms with Crippen molar-refractivity contribution in [1.82, 2.24) is 83.1 Å². The zero-order valence-corrected chi connectivity index (χ0v) is 63.9. The SMILES string of the molecule is CC(C)n1cc(-c2cc(N(C)Cc3ccccc3)n3ncc(C(=O)NC4CCC4)c3n2)c2cc(Cl)cnc21.CC(C)n1cc(-c2cc(N(C)Cc3ccccc3)n3ncc(C(=O)O)c3n2)c2cc(Cl)cnc21.CNc1cc(-c2cn(C(C)C)c3ncc(Cl)cc23)nc2c(C(=O)NC3CCC3)cnn12.NC1CCC1. The van der Waals surface area contributed by atoms with E-state index in [0.717, 1.165) is 123 Å². The van der Waals surface area contributed by atoms with Crippen LogP contribution in [0.15, 0.2) is 153 Å². The number of nitrogens with one attached hydrogen (secondary N) is 3. The molecule has 12 heterocycles. The molecule has 108 heavy (non-hydrogen) atoms. The first-order chi connectivity index (χ1) is 52.1. The van der Waals surface area contributed by atoms with Gasteiger partial charge < -0.3 is 50.3 Å². The van der Waals surface area contributed by atoms with E-state index in [9.17, 15) is 19.5 Å². The topological polar surface area (TPSA) is 284 Å². The number of pyridine rings is 3. The maximum absolute atomic E-state index is 13.2. The van der Waals surface area contributed by atoms with E-state index in [0.29, 0.717) is 62.3 Å². The van der Waals surface area contributed by atoms with Crippen LogP contribution in [0, 0.1) is 0 Å². The number of carboxylic acid groups (broad SMARTS) is 1. The summed E-state index contributed by atoms with van der Waals surface area (Å²) in [5.41, 5.74) is 17.2. The van der Waals surface area contributed by atoms with Crippen molar-refractivity contribution in [2.45, 2.75) is 149 Å². The minimum atomic E-state index is -1.08. The molecule has 17 rings (SSSR count). The maximum Gasteiger partial charge on any atom is 0.341 e. The zero-order chi connectivity index (χ0) is 75.8. The number of aromatic carboxylic acids is 1. The molecule has 0 saturated heterocycles. The van der Waals surface area contributed by atoms with Crippen molar-refractivity contribution in [2.24, 2.45) is 5.73 Å². The molecule has 6 N–H and O–H groups in total. The molecule has 0 bridgehead atoms. The predicted molar refractivity (Wildman–Crippen MR) is 427 cm³/mol. The number of carbonyl (C=O) groups is 3. The van der Waals surface area contributed by atoms with Gasteiger partial charge >= 0.3 is 5.97 Å². The van der Waals surface area contributed by atoms with Gasteiger partial charge in [0.25, 0.3) is 11.8 Å². The monoisotopic (exact) mass is 1510 g/mol. The third-order valence-corrected chi connectivity index (χ3v) is 20.7. The highest BCUT2D eigenvalue weighted by atomic mass is 35.5. The fraction of sp³-hybridized carbons (Fsp3) is 0.325. The van der Waals surface area contributed by atoms with Crippen molar-refractivity contribution >= 4 is 120 Å². The van der Waals surface area contributed by atoms with Crippen molar-refractivity contribution in [2.75, 3.05) is 36.3 Å². The molecule has 28 heteroatoms. The highest BCUT2D eigenvalue weighted by Crippen LogP contribution is 2.39. The molecule has 556 valence electrons. The maximum atomic E-state index is 13.2. The molecule has 3 aliphatic carbocycles. The highest BCUT2D eigenvalue weighted by molar-refractivity contribution is 6.32. The Bertz CT molecular complexity index is 5650. The van der Waals surface area contributed by atoms with E-state index >= 15 is 0 Å². The Morgan fingerprint density at radius 1 is 0.491 bits per heavy atom. The Hall–Kier alpha value is -11.0. The van der Waals surface area contributed by atoms with Crippen molar-refractivity contribution in [1.29, 1.82) is 0 Å². The van der Waals surface area contributed by atoms with Crippen LogP contribution in [-0.4, -0.2) is 135 Å². The average Bonchev–Trinajstić information content (AvgIpc) is 1.61. The number of benzene rings is 2. The standard InChI is InChI=1S/C29H30ClN7O.C25H23ClN6O2.C22H24ClN7O.C4H9N/c1-18(2)36-17-24(22-12-20(30)14-31-27(22)36)25-13-26(35(3)16-19-8-5-4-6-9-19)37-28(34-25)23(15-32-37)29(38)33-21-10-7-11-21;1-15(2)31-14-20(18-9-17(26)11-27-23(18)31)21-10-22(30(3)13-16-7-5-4-6-8-16)32-24(29-21)19(12-28-32)25(33)34;1-12(2)29-11-17(15-7-13(23)9-25-20(15)29)18-8-19(24-3)30-21(28-18)16(10-26-30)22(31)27-14-5-4-6-14;5-4-2-1-3-4/h4-6,8-9,12-15,17-18,21H,7,10-11,16H2,1-3H3,(H,33,38);4-12,14-15H,13H2,1-3H3,(H,33,34);7-12,14,24H,4-6H2,1-3H3,(H,27,31);4H,1-3,5H2. The van der Waals surface area contributed by atoms with E-state index in [1.807, 2.05) is 123 Å². The van der Waals surface area contributed by atoms with E-state index in [1.54, 1.807) is 44.5 Å². The third kappa shape index (κ3) is 15.2. The van der Waals surface area contributed by atoms with Crippen LogP contribution >= 0.6 is 34.8 Å². The van der Waals surface area contributed by atoms with Crippen molar-refractivity contribution < 1.29 is 19.5 Å². The molecule has 2 amide bonds. The Balaban J connectivity index is 0.000000132. The lowest BCUT2D eigenvalue weighted by molar-refractivity contribution is 0.0698. The minimum absolute atomic E-state index is 0.0416. The number of nitrogens with zero attached hydrogens (tertiary/aromatic N) is 17. The Labute approximate surface area is 639 Å². The summed E-state index contributed by atoms with van der Waals surface area (Å²) in [5, 5.41) is 36.8. The first-order valence-corrected chi connectivity index (χ1v) is 37.6. The van der Waals surface area contributed by atoms with Crippen LogP contribution in [-0.2, 0) is 13.1 Å². The number of nitrogens with two attached hydrogens (primary N) is 1. The second kappa shape index (κ2) is 31.4. The molecular formula is C80H86Cl3N21O4. The molecule has 0 aliphatic heterocycles. The summed E-state index contributed by atoms with van der Waals surface area (Å²) in [7, 11) is 5.80. The van der Waals surface area contributed by atoms with Gasteiger partial charge in [0, 0.05) is 159 Å². The Morgan fingerprint density at radius 2 is 0.833 bits per heavy atom. The molecule has 0 unspecified atom stereocenters. The summed E-state index contributed by atoms with van der Waals surface area (Å²) in [5.74, 6) is 0.934. The predicted octanol–water partition coefficient (Wildman–Crippen LogP) is 16.0. The van der Waals surface area contributed by atoms with E-state index in [1.165, 1.54) is 31.0 Å². The summed E-state index contributed by atoms with van der Waals surface area (Å²) in [6.07, 6.45) is 25.9. The van der Waals surface area contributed by atoms with Crippen molar-refractivity contribution in [3.8, 4) is 33.8 Å². The Kier molecular flexibility index (Phi) is 21.5. The summed E-state index contributed by atoms with van der Waals surface area (Å²) in [6, 6.07) is 33.5. The molecule has 12 aromatic heterocycles. The van der Waals surface area contributed by atoms with Crippen LogP contribution in [0.1, 0.15) is 160 Å². The van der Waals surface area contributed by atoms with Gasteiger partial charge in [-0.2, -0.15) is 28.8 Å². The molecule has 3 fully saturated rings. The molecule has 0 radical (unpaired) electrons. The second-order valence-corrected chi connectivity index (χ2v) is 30.1. The number of carboxylic acids is 1. The van der Waals surface area contributed by atoms with Gasteiger partial charge in [-0.3, -0.25) is 9.59 Å². The molecular weight excluding hydrogens is 1430 g/mol. The number of hydrogen-bond donors (Lipinski definition) is 5. The minimum Gasteiger partial charge on any atom is -0.477 e. The highest BCUT2D eigenvalue weighted by Gasteiger charge is 2.29. The van der Waals surface area contributed by atoms with Gasteiger partial charge in [0.05, 0.1) is 50.7 Å². The second-order valence-electron chi connectivity index (χ2n) is 28.7. The van der Waals surface area contributed by atoms with Crippen LogP contribution in [0.25, 0.3) is 83.8 Å². The first-order valence-electron chi connectivity index (χ1n) is 36.5. The zero-order valence-electron chi connectivity index (χ0n) is 61.7. The number of rotatable bonds is 18. The average molecular weight is 1510 g/mol. The smallest absolute Gasteiger partial charge is 0.341 e. The lowest BCUT2D eigenvalue weighted by Crippen LogP contribution is -2.39. The van der Waals surface area contributed by atoms with Crippen LogP contribution < -0.4 is 31.5 Å². The van der Waals surface area contributed by atoms with E-state index in [-0.39, 0.29) is 53.2 Å². The van der Waals surface area contributed by atoms with Gasteiger partial charge in [-0.05, 0) is 122 Å². The van der Waals surface area contributed by atoms with Crippen LogP contribution in [0.3, 0.4) is 0 Å². The largest absolute Gasteiger partial charge is 0.477 e. The lowest BCUT2D eigenvalue weighted by atomic mass is 9.93. The molecule has 14 aromatic rings. The number of anilines is 3. The first kappa shape index (κ1) is 73.9.